The lowest BCUT2D eigenvalue weighted by Crippen LogP contribution is -2.17. The van der Waals surface area contributed by atoms with E-state index in [1.54, 1.807) is 0 Å². The van der Waals surface area contributed by atoms with Crippen molar-refractivity contribution < 1.29 is 9.47 Å². The number of aryl methyl sites for hydroxylation is 1. The Morgan fingerprint density at radius 2 is 2.38 bits per heavy atom. The normalized spacial score (nSPS) is 20.1. The predicted molar refractivity (Wildman–Crippen MR) is 68.3 cm³/mol. The van der Waals surface area contributed by atoms with Crippen molar-refractivity contribution in [3.8, 4) is 5.75 Å². The lowest BCUT2D eigenvalue weighted by Gasteiger charge is -2.17. The van der Waals surface area contributed by atoms with Crippen LogP contribution < -0.4 is 4.74 Å². The molecule has 0 bridgehead atoms. The molecule has 1 aromatic rings. The minimum atomic E-state index is 0.168. The summed E-state index contributed by atoms with van der Waals surface area (Å²) in [7, 11) is 0. The van der Waals surface area contributed by atoms with Crippen LogP contribution in [0.1, 0.15) is 17.5 Å². The van der Waals surface area contributed by atoms with Gasteiger partial charge in [-0.05, 0) is 24.6 Å². The topological polar surface area (TPSA) is 18.5 Å². The molecule has 16 heavy (non-hydrogen) atoms. The van der Waals surface area contributed by atoms with Crippen molar-refractivity contribution >= 4 is 27.5 Å². The number of halogens is 2. The second-order valence-corrected chi connectivity index (χ2v) is 5.13. The summed E-state index contributed by atoms with van der Waals surface area (Å²) in [4.78, 5) is 0. The first-order chi connectivity index (χ1) is 7.70. The average Bonchev–Trinajstić information content (AvgIpc) is 2.74. The molecule has 0 radical (unpaired) electrons. The molecule has 0 spiro atoms. The van der Waals surface area contributed by atoms with Gasteiger partial charge in [0.2, 0.25) is 0 Å². The molecular weight excluding hydrogens is 291 g/mol. The van der Waals surface area contributed by atoms with Gasteiger partial charge in [0, 0.05) is 16.5 Å². The summed E-state index contributed by atoms with van der Waals surface area (Å²) in [5.74, 6) is 1.37. The molecule has 0 amide bonds. The summed E-state index contributed by atoms with van der Waals surface area (Å²) in [6, 6.07) is 4.05. The molecule has 1 atom stereocenters. The highest BCUT2D eigenvalue weighted by molar-refractivity contribution is 9.10. The minimum Gasteiger partial charge on any atom is -0.487 e. The summed E-state index contributed by atoms with van der Waals surface area (Å²) in [5.41, 5.74) is 2.14. The average molecular weight is 306 g/mol. The minimum absolute atomic E-state index is 0.168. The van der Waals surface area contributed by atoms with Gasteiger partial charge in [-0.2, -0.15) is 0 Å². The van der Waals surface area contributed by atoms with Crippen molar-refractivity contribution in [2.45, 2.75) is 25.3 Å². The second kappa shape index (κ2) is 5.39. The Kier molecular flexibility index (Phi) is 4.11. The van der Waals surface area contributed by atoms with Crippen LogP contribution in [0, 0.1) is 6.92 Å². The maximum Gasteiger partial charge on any atom is 0.127 e. The molecule has 4 heteroatoms. The van der Waals surface area contributed by atoms with Crippen LogP contribution in [0.25, 0.3) is 0 Å². The van der Waals surface area contributed by atoms with E-state index >= 15 is 0 Å². The monoisotopic (exact) mass is 304 g/mol. The number of hydrogen-bond donors (Lipinski definition) is 0. The third-order valence-corrected chi connectivity index (χ3v) is 3.38. The van der Waals surface area contributed by atoms with Gasteiger partial charge in [0.15, 0.2) is 0 Å². The van der Waals surface area contributed by atoms with E-state index < -0.39 is 0 Å². The van der Waals surface area contributed by atoms with E-state index in [-0.39, 0.29) is 6.10 Å². The summed E-state index contributed by atoms with van der Waals surface area (Å²) < 4.78 is 12.3. The van der Waals surface area contributed by atoms with Crippen LogP contribution in [0.3, 0.4) is 0 Å². The fourth-order valence-electron chi connectivity index (χ4n) is 1.84. The van der Waals surface area contributed by atoms with E-state index in [9.17, 15) is 0 Å². The third-order valence-electron chi connectivity index (χ3n) is 2.63. The Morgan fingerprint density at radius 3 is 3.00 bits per heavy atom. The molecule has 1 heterocycles. The van der Waals surface area contributed by atoms with E-state index in [2.05, 4.69) is 15.9 Å². The van der Waals surface area contributed by atoms with E-state index in [4.69, 9.17) is 21.1 Å². The fraction of sp³-hybridized carbons (Fsp3) is 0.500. The van der Waals surface area contributed by atoms with Gasteiger partial charge < -0.3 is 9.47 Å². The highest BCUT2D eigenvalue weighted by Gasteiger charge is 2.19. The van der Waals surface area contributed by atoms with E-state index in [0.29, 0.717) is 12.5 Å². The molecule has 0 aromatic heterocycles. The summed E-state index contributed by atoms with van der Waals surface area (Å²) in [6.45, 7) is 3.50. The summed E-state index contributed by atoms with van der Waals surface area (Å²) >= 11 is 9.39. The largest absolute Gasteiger partial charge is 0.487 e. The van der Waals surface area contributed by atoms with E-state index in [1.165, 1.54) is 0 Å². The molecule has 1 aromatic carbocycles. The second-order valence-electron chi connectivity index (χ2n) is 3.95. The van der Waals surface area contributed by atoms with Crippen molar-refractivity contribution in [2.24, 2.45) is 0 Å². The number of rotatable bonds is 3. The van der Waals surface area contributed by atoms with Crippen LogP contribution in [-0.2, 0) is 10.6 Å². The molecule has 0 N–H and O–H groups in total. The van der Waals surface area contributed by atoms with Gasteiger partial charge in [-0.15, -0.1) is 11.6 Å². The third kappa shape index (κ3) is 2.70. The highest BCUT2D eigenvalue weighted by atomic mass is 79.9. The van der Waals surface area contributed by atoms with Gasteiger partial charge in [0.25, 0.3) is 0 Å². The number of alkyl halides is 1. The number of hydrogen-bond acceptors (Lipinski definition) is 2. The first-order valence-electron chi connectivity index (χ1n) is 5.30. The van der Waals surface area contributed by atoms with E-state index in [0.717, 1.165) is 34.4 Å². The summed E-state index contributed by atoms with van der Waals surface area (Å²) in [5, 5.41) is 0. The Hall–Kier alpha value is -0.250. The molecule has 88 valence electrons. The summed E-state index contributed by atoms with van der Waals surface area (Å²) in [6.07, 6.45) is 1.12. The molecule has 1 fully saturated rings. The fourth-order valence-corrected chi connectivity index (χ4v) is 2.66. The van der Waals surface area contributed by atoms with Crippen LogP contribution in [0.4, 0.5) is 0 Å². The molecule has 0 saturated carbocycles. The van der Waals surface area contributed by atoms with Crippen molar-refractivity contribution in [1.29, 1.82) is 0 Å². The standard InChI is InChI=1S/C12H14BrClO2/c1-8-4-10(13)5-9(6-14)12(8)16-11-2-3-15-7-11/h4-5,11H,2-3,6-7H2,1H3. The van der Waals surface area contributed by atoms with Crippen LogP contribution in [-0.4, -0.2) is 19.3 Å². The Bertz CT molecular complexity index is 376. The first kappa shape index (κ1) is 12.2. The zero-order valence-corrected chi connectivity index (χ0v) is 11.5. The number of benzene rings is 1. The molecular formula is C12H14BrClO2. The van der Waals surface area contributed by atoms with Gasteiger partial charge >= 0.3 is 0 Å². The molecule has 0 aliphatic carbocycles. The zero-order chi connectivity index (χ0) is 11.5. The zero-order valence-electron chi connectivity index (χ0n) is 9.13. The van der Waals surface area contributed by atoms with Gasteiger partial charge in [-0.25, -0.2) is 0 Å². The maximum atomic E-state index is 5.95. The van der Waals surface area contributed by atoms with Gasteiger partial charge in [0.1, 0.15) is 11.9 Å². The van der Waals surface area contributed by atoms with Crippen molar-refractivity contribution in [3.05, 3.63) is 27.7 Å². The number of ether oxygens (including phenoxy) is 2. The first-order valence-corrected chi connectivity index (χ1v) is 6.63. The molecule has 1 saturated heterocycles. The van der Waals surface area contributed by atoms with Crippen molar-refractivity contribution in [2.75, 3.05) is 13.2 Å². The smallest absolute Gasteiger partial charge is 0.127 e. The maximum absolute atomic E-state index is 5.95. The van der Waals surface area contributed by atoms with Crippen LogP contribution in [0.5, 0.6) is 5.75 Å². The Morgan fingerprint density at radius 1 is 1.56 bits per heavy atom. The van der Waals surface area contributed by atoms with Crippen LogP contribution in [0.15, 0.2) is 16.6 Å². The van der Waals surface area contributed by atoms with Gasteiger partial charge in [-0.3, -0.25) is 0 Å². The molecule has 1 aliphatic heterocycles. The molecule has 2 nitrogen and oxygen atoms in total. The Balaban J connectivity index is 2.23. The van der Waals surface area contributed by atoms with E-state index in [1.807, 2.05) is 19.1 Å². The van der Waals surface area contributed by atoms with Crippen molar-refractivity contribution in [3.63, 3.8) is 0 Å². The van der Waals surface area contributed by atoms with Gasteiger partial charge in [0.05, 0.1) is 19.1 Å². The SMILES string of the molecule is Cc1cc(Br)cc(CCl)c1OC1CCOC1. The van der Waals surface area contributed by atoms with Crippen LogP contribution >= 0.6 is 27.5 Å². The van der Waals surface area contributed by atoms with Crippen molar-refractivity contribution in [1.82, 2.24) is 0 Å². The lowest BCUT2D eigenvalue weighted by molar-refractivity contribution is 0.140. The quantitative estimate of drug-likeness (QED) is 0.793. The Labute approximate surface area is 109 Å². The molecule has 1 aliphatic rings. The molecule has 1 unspecified atom stereocenters. The predicted octanol–water partition coefficient (Wildman–Crippen LogP) is 3.66. The van der Waals surface area contributed by atoms with Crippen LogP contribution in [0.2, 0.25) is 0 Å². The highest BCUT2D eigenvalue weighted by Crippen LogP contribution is 2.31. The lowest BCUT2D eigenvalue weighted by atomic mass is 10.1. The molecule has 2 rings (SSSR count). The van der Waals surface area contributed by atoms with Gasteiger partial charge in [-0.1, -0.05) is 15.9 Å².